The molecule has 20 heavy (non-hydrogen) atoms. The highest BCUT2D eigenvalue weighted by Crippen LogP contribution is 2.40. The summed E-state index contributed by atoms with van der Waals surface area (Å²) in [6.45, 7) is 13.5. The van der Waals surface area contributed by atoms with Crippen molar-refractivity contribution in [1.29, 1.82) is 0 Å². The molecule has 0 spiro atoms. The fourth-order valence-electron chi connectivity index (χ4n) is 1.76. The molecule has 0 amide bonds. The van der Waals surface area contributed by atoms with Gasteiger partial charge in [0, 0.05) is 0 Å². The van der Waals surface area contributed by atoms with E-state index in [4.69, 9.17) is 9.31 Å². The summed E-state index contributed by atoms with van der Waals surface area (Å²) in [5.74, 6) is 0.0629. The van der Waals surface area contributed by atoms with Crippen molar-refractivity contribution >= 4 is 24.7 Å². The van der Waals surface area contributed by atoms with Gasteiger partial charge in [0.15, 0.2) is 5.78 Å². The SMILES string of the molecule is CSC(C)=C(C=C(C)C(C)=O)B1OC(C)(C)C(C)(C)O1. The molecule has 5 heteroatoms. The number of hydrogen-bond acceptors (Lipinski definition) is 4. The second kappa shape index (κ2) is 6.08. The quantitative estimate of drug-likeness (QED) is 0.449. The minimum Gasteiger partial charge on any atom is -0.399 e. The lowest BCUT2D eigenvalue weighted by molar-refractivity contribution is -0.113. The molecule has 0 aliphatic carbocycles. The summed E-state index contributed by atoms with van der Waals surface area (Å²) in [6.07, 6.45) is 3.90. The summed E-state index contributed by atoms with van der Waals surface area (Å²) in [4.78, 5) is 12.6. The van der Waals surface area contributed by atoms with Crippen LogP contribution in [0.2, 0.25) is 0 Å². The Bertz CT molecular complexity index is 448. The second-order valence-corrected chi connectivity index (χ2v) is 7.21. The zero-order chi connectivity index (χ0) is 15.7. The standard InChI is InChI=1S/C15H25BO3S/c1-10(11(2)17)9-13(12(3)20-8)16-18-14(4,5)15(6,7)19-16/h9H,1-8H3. The Morgan fingerprint density at radius 3 is 1.85 bits per heavy atom. The van der Waals surface area contributed by atoms with Crippen LogP contribution in [0, 0.1) is 0 Å². The predicted molar refractivity (Wildman–Crippen MR) is 86.7 cm³/mol. The number of thioether (sulfide) groups is 1. The number of Topliss-reactive ketones (excluding diaryl/α,β-unsaturated/α-hetero) is 1. The Morgan fingerprint density at radius 1 is 1.05 bits per heavy atom. The molecule has 0 aromatic rings. The first-order valence-electron chi connectivity index (χ1n) is 6.81. The lowest BCUT2D eigenvalue weighted by Gasteiger charge is -2.32. The number of allylic oxidation sites excluding steroid dienone is 4. The van der Waals surface area contributed by atoms with Gasteiger partial charge >= 0.3 is 7.12 Å². The monoisotopic (exact) mass is 296 g/mol. The molecule has 0 saturated carbocycles. The number of hydrogen-bond donors (Lipinski definition) is 0. The number of carbonyl (C=O) groups is 1. The molecule has 0 bridgehead atoms. The lowest BCUT2D eigenvalue weighted by atomic mass is 9.76. The summed E-state index contributed by atoms with van der Waals surface area (Å²) >= 11 is 1.64. The van der Waals surface area contributed by atoms with E-state index in [1.54, 1.807) is 18.7 Å². The minimum atomic E-state index is -0.429. The predicted octanol–water partition coefficient (Wildman–Crippen LogP) is 3.79. The normalized spacial score (nSPS) is 22.8. The van der Waals surface area contributed by atoms with Gasteiger partial charge < -0.3 is 9.31 Å². The molecule has 0 aromatic heterocycles. The van der Waals surface area contributed by atoms with Crippen LogP contribution in [0.5, 0.6) is 0 Å². The molecular formula is C15H25BO3S. The van der Waals surface area contributed by atoms with Crippen LogP contribution in [-0.4, -0.2) is 30.4 Å². The van der Waals surface area contributed by atoms with Crippen LogP contribution in [0.1, 0.15) is 48.5 Å². The van der Waals surface area contributed by atoms with Crippen molar-refractivity contribution in [2.24, 2.45) is 0 Å². The number of ketones is 1. The van der Waals surface area contributed by atoms with E-state index in [-0.39, 0.29) is 17.0 Å². The maximum atomic E-state index is 11.5. The molecule has 3 nitrogen and oxygen atoms in total. The first-order valence-corrected chi connectivity index (χ1v) is 8.04. The molecule has 0 atom stereocenters. The van der Waals surface area contributed by atoms with Gasteiger partial charge in [-0.05, 0) is 70.7 Å². The molecule has 1 aliphatic rings. The Morgan fingerprint density at radius 2 is 1.50 bits per heavy atom. The highest BCUT2D eigenvalue weighted by atomic mass is 32.2. The molecule has 1 saturated heterocycles. The fraction of sp³-hybridized carbons (Fsp3) is 0.667. The Hall–Kier alpha value is -0.515. The van der Waals surface area contributed by atoms with E-state index in [1.165, 1.54) is 0 Å². The van der Waals surface area contributed by atoms with Gasteiger partial charge in [0.25, 0.3) is 0 Å². The average molecular weight is 296 g/mol. The van der Waals surface area contributed by atoms with Crippen molar-refractivity contribution in [1.82, 2.24) is 0 Å². The molecule has 0 radical (unpaired) electrons. The molecule has 1 rings (SSSR count). The van der Waals surface area contributed by atoms with Crippen molar-refractivity contribution in [3.8, 4) is 0 Å². The van der Waals surface area contributed by atoms with E-state index < -0.39 is 7.12 Å². The summed E-state index contributed by atoms with van der Waals surface area (Å²) in [6, 6.07) is 0. The second-order valence-electron chi connectivity index (χ2n) is 6.19. The first kappa shape index (κ1) is 17.5. The summed E-state index contributed by atoms with van der Waals surface area (Å²) in [5, 5.41) is 0. The maximum absolute atomic E-state index is 11.5. The maximum Gasteiger partial charge on any atom is 0.495 e. The van der Waals surface area contributed by atoms with Crippen LogP contribution in [0.25, 0.3) is 0 Å². The zero-order valence-corrected chi connectivity index (χ0v) is 14.6. The third kappa shape index (κ3) is 3.57. The third-order valence-corrected chi connectivity index (χ3v) is 5.00. The minimum absolute atomic E-state index is 0.0629. The van der Waals surface area contributed by atoms with Gasteiger partial charge in [0.1, 0.15) is 0 Å². The van der Waals surface area contributed by atoms with Crippen LogP contribution < -0.4 is 0 Å². The molecule has 0 unspecified atom stereocenters. The van der Waals surface area contributed by atoms with Crippen LogP contribution in [-0.2, 0) is 14.1 Å². The van der Waals surface area contributed by atoms with E-state index >= 15 is 0 Å². The van der Waals surface area contributed by atoms with E-state index in [1.807, 2.05) is 53.9 Å². The summed E-state index contributed by atoms with van der Waals surface area (Å²) in [5.41, 5.74) is 0.894. The van der Waals surface area contributed by atoms with Crippen molar-refractivity contribution < 1.29 is 14.1 Å². The van der Waals surface area contributed by atoms with Gasteiger partial charge in [-0.3, -0.25) is 4.79 Å². The summed E-state index contributed by atoms with van der Waals surface area (Å²) < 4.78 is 12.2. The van der Waals surface area contributed by atoms with Crippen LogP contribution in [0.15, 0.2) is 22.0 Å². The average Bonchev–Trinajstić information content (AvgIpc) is 2.53. The van der Waals surface area contributed by atoms with E-state index in [9.17, 15) is 4.79 Å². The Balaban J connectivity index is 3.18. The summed E-state index contributed by atoms with van der Waals surface area (Å²) in [7, 11) is -0.429. The Kier molecular flexibility index (Phi) is 5.33. The molecule has 1 aliphatic heterocycles. The van der Waals surface area contributed by atoms with Crippen molar-refractivity contribution in [3.05, 3.63) is 22.0 Å². The number of carbonyl (C=O) groups excluding carboxylic acids is 1. The number of rotatable bonds is 4. The topological polar surface area (TPSA) is 35.5 Å². The zero-order valence-electron chi connectivity index (χ0n) is 13.8. The molecular weight excluding hydrogens is 271 g/mol. The van der Waals surface area contributed by atoms with Gasteiger partial charge in [0.2, 0.25) is 0 Å². The van der Waals surface area contributed by atoms with E-state index in [0.29, 0.717) is 5.57 Å². The first-order chi connectivity index (χ1) is 9.01. The lowest BCUT2D eigenvalue weighted by Crippen LogP contribution is -2.41. The fourth-order valence-corrected chi connectivity index (χ4v) is 2.15. The van der Waals surface area contributed by atoms with Crippen molar-refractivity contribution in [2.75, 3.05) is 6.26 Å². The molecule has 1 fully saturated rings. The van der Waals surface area contributed by atoms with Crippen LogP contribution >= 0.6 is 11.8 Å². The largest absolute Gasteiger partial charge is 0.495 e. The van der Waals surface area contributed by atoms with Gasteiger partial charge in [-0.2, -0.15) is 0 Å². The van der Waals surface area contributed by atoms with Gasteiger partial charge in [0.05, 0.1) is 11.2 Å². The Labute approximate surface area is 127 Å². The highest BCUT2D eigenvalue weighted by Gasteiger charge is 2.52. The van der Waals surface area contributed by atoms with Gasteiger partial charge in [-0.15, -0.1) is 11.8 Å². The van der Waals surface area contributed by atoms with Crippen LogP contribution in [0.4, 0.5) is 0 Å². The van der Waals surface area contributed by atoms with E-state index in [0.717, 1.165) is 10.4 Å². The molecule has 0 aromatic carbocycles. The van der Waals surface area contributed by atoms with Gasteiger partial charge in [-0.25, -0.2) is 0 Å². The van der Waals surface area contributed by atoms with Crippen molar-refractivity contribution in [3.63, 3.8) is 0 Å². The third-order valence-electron chi connectivity index (χ3n) is 4.15. The molecule has 0 N–H and O–H groups in total. The molecule has 1 heterocycles. The van der Waals surface area contributed by atoms with E-state index in [2.05, 4.69) is 0 Å². The van der Waals surface area contributed by atoms with Crippen molar-refractivity contribution in [2.45, 2.75) is 59.7 Å². The molecule has 112 valence electrons. The van der Waals surface area contributed by atoms with Crippen LogP contribution in [0.3, 0.4) is 0 Å². The van der Waals surface area contributed by atoms with Gasteiger partial charge in [-0.1, -0.05) is 6.08 Å². The highest BCUT2D eigenvalue weighted by molar-refractivity contribution is 8.02. The smallest absolute Gasteiger partial charge is 0.399 e.